The number of carbonyl (C=O) groups excluding carboxylic acids is 1. The minimum Gasteiger partial charge on any atom is -0.453 e. The van der Waals surface area contributed by atoms with E-state index in [0.29, 0.717) is 42.9 Å². The van der Waals surface area contributed by atoms with Crippen LogP contribution >= 0.6 is 11.6 Å². The van der Waals surface area contributed by atoms with Crippen LogP contribution in [0.15, 0.2) is 78.0 Å². The molecule has 3 aromatic heterocycles. The number of hydrogen-bond donors (Lipinski definition) is 4. The molecule has 4 N–H and O–H groups in total. The lowest BCUT2D eigenvalue weighted by Crippen LogP contribution is -2.63. The molecule has 5 heterocycles. The van der Waals surface area contributed by atoms with Crippen molar-refractivity contribution in [3.05, 3.63) is 105 Å². The lowest BCUT2D eigenvalue weighted by Gasteiger charge is -2.57. The second-order valence-corrected chi connectivity index (χ2v) is 21.3. The number of aromatic nitrogens is 3. The number of nitro groups is 1. The van der Waals surface area contributed by atoms with Crippen molar-refractivity contribution in [3.8, 4) is 11.5 Å². The van der Waals surface area contributed by atoms with Crippen LogP contribution in [0.5, 0.6) is 11.5 Å². The molecule has 4 fully saturated rings. The van der Waals surface area contributed by atoms with Gasteiger partial charge in [0.15, 0.2) is 10.9 Å². The molecule has 0 bridgehead atoms. The highest BCUT2D eigenvalue weighted by Crippen LogP contribution is 2.49. The van der Waals surface area contributed by atoms with Crippen molar-refractivity contribution in [1.82, 2.24) is 24.6 Å². The molecule has 5 aromatic rings. The molecule has 9 rings (SSSR count). The molecule has 2 atom stereocenters. The van der Waals surface area contributed by atoms with Gasteiger partial charge in [0.25, 0.3) is 15.9 Å². The van der Waals surface area contributed by atoms with Gasteiger partial charge < -0.3 is 25.0 Å². The number of H-pyrrole nitrogens is 1. The zero-order chi connectivity index (χ0) is 45.7. The Morgan fingerprint density at radius 3 is 2.52 bits per heavy atom. The van der Waals surface area contributed by atoms with Gasteiger partial charge in [-0.2, -0.15) is 0 Å². The molecule has 4 aliphatic rings. The summed E-state index contributed by atoms with van der Waals surface area (Å²) in [4.78, 5) is 41.4. The van der Waals surface area contributed by atoms with E-state index in [4.69, 9.17) is 16.3 Å². The van der Waals surface area contributed by atoms with Crippen LogP contribution in [0.1, 0.15) is 112 Å². The Balaban J connectivity index is 0.908. The van der Waals surface area contributed by atoms with Crippen LogP contribution in [0.3, 0.4) is 0 Å². The first-order valence-electron chi connectivity index (χ1n) is 22.8. The summed E-state index contributed by atoms with van der Waals surface area (Å²) in [6.45, 7) is 10.5. The topological polar surface area (TPSA) is 196 Å². The predicted molar refractivity (Wildman–Crippen MR) is 251 cm³/mol. The number of hydrogen-bond acceptors (Lipinski definition) is 12. The number of nitrogens with one attached hydrogen (secondary N) is 3. The van der Waals surface area contributed by atoms with E-state index in [-0.39, 0.29) is 39.4 Å². The van der Waals surface area contributed by atoms with E-state index in [1.165, 1.54) is 36.5 Å². The Hall–Kier alpha value is -5.29. The summed E-state index contributed by atoms with van der Waals surface area (Å²) in [6, 6.07) is 19.0. The number of fused-ring (bicyclic) bond motifs is 1. The maximum atomic E-state index is 14.0. The molecular weight excluding hydrogens is 868 g/mol. The van der Waals surface area contributed by atoms with E-state index in [1.807, 2.05) is 0 Å². The Labute approximate surface area is 384 Å². The highest BCUT2D eigenvalue weighted by Gasteiger charge is 2.49. The van der Waals surface area contributed by atoms with Crippen molar-refractivity contribution in [1.29, 1.82) is 0 Å². The number of carbonyl (C=O) groups is 1. The van der Waals surface area contributed by atoms with Gasteiger partial charge in [0, 0.05) is 68.2 Å². The van der Waals surface area contributed by atoms with Gasteiger partial charge >= 0.3 is 5.69 Å². The fourth-order valence-electron chi connectivity index (χ4n) is 10.7. The molecule has 2 saturated heterocycles. The number of ether oxygens (including phenoxy) is 1. The minimum absolute atomic E-state index is 0.0402. The molecule has 2 aliphatic carbocycles. The number of likely N-dealkylation sites (tertiary alicyclic amines) is 1. The third kappa shape index (κ3) is 9.40. The van der Waals surface area contributed by atoms with Gasteiger partial charge in [0.1, 0.15) is 16.3 Å². The third-order valence-electron chi connectivity index (χ3n) is 14.4. The maximum Gasteiger partial charge on any atom is 0.312 e. The Morgan fingerprint density at radius 1 is 1.03 bits per heavy atom. The van der Waals surface area contributed by atoms with Crippen molar-refractivity contribution in [3.63, 3.8) is 0 Å². The highest BCUT2D eigenvalue weighted by molar-refractivity contribution is 7.90. The zero-order valence-corrected chi connectivity index (χ0v) is 38.6. The van der Waals surface area contributed by atoms with Crippen LogP contribution in [0.4, 0.5) is 17.2 Å². The number of piperidine rings is 1. The van der Waals surface area contributed by atoms with Gasteiger partial charge in [-0.1, -0.05) is 56.1 Å². The average Bonchev–Trinajstić information content (AvgIpc) is 3.95. The Kier molecular flexibility index (Phi) is 12.3. The lowest BCUT2D eigenvalue weighted by atomic mass is 9.70. The maximum absolute atomic E-state index is 14.0. The summed E-state index contributed by atoms with van der Waals surface area (Å²) < 4.78 is 35.9. The normalized spacial score (nSPS) is 23.4. The van der Waals surface area contributed by atoms with Gasteiger partial charge in [0.05, 0.1) is 22.3 Å². The minimum atomic E-state index is -4.66. The molecule has 2 aliphatic heterocycles. The van der Waals surface area contributed by atoms with Crippen LogP contribution in [0.25, 0.3) is 11.0 Å². The SMILES string of the molecule is CC(C)c1ccccc1[C@H]1CCC[C@H]1N1CC2(CCN(c3ccc(C(=O)NS(=O)(=O)c4cnc(NCC5CCC(C)(O)CC5)c([N+](=O)[O-])c4)c(Oc4cc5cc[nH]c5nc4Cl)c3)CC2)C1. The Morgan fingerprint density at radius 2 is 1.78 bits per heavy atom. The fraction of sp³-hybridized carbons (Fsp3) is 0.479. The number of aromatic amines is 1. The van der Waals surface area contributed by atoms with Crippen LogP contribution < -0.4 is 19.7 Å². The molecular formula is C48H57ClN8O7S. The summed E-state index contributed by atoms with van der Waals surface area (Å²) in [7, 11) is -4.66. The first-order chi connectivity index (χ1) is 31.1. The lowest BCUT2D eigenvalue weighted by molar-refractivity contribution is -0.384. The van der Waals surface area contributed by atoms with E-state index >= 15 is 0 Å². The molecule has 17 heteroatoms. The number of rotatable bonds is 13. The van der Waals surface area contributed by atoms with Crippen molar-refractivity contribution in [2.45, 2.75) is 107 Å². The van der Waals surface area contributed by atoms with Gasteiger partial charge in [-0.3, -0.25) is 19.8 Å². The number of amides is 1. The van der Waals surface area contributed by atoms with Crippen LogP contribution in [0, 0.1) is 21.4 Å². The van der Waals surface area contributed by atoms with E-state index in [9.17, 15) is 28.4 Å². The fourth-order valence-corrected chi connectivity index (χ4v) is 11.8. The standard InChI is InChI=1S/C48H57ClN8O7S/c1-30(2)35-7-4-5-8-36(35)37-9-6-10-39(37)56-28-48(29-56)18-21-55(22-19-48)33-11-12-38(41(24-33)64-42-23-32-15-20-50-44(32)53-43(42)49)46(58)54-65(62,63)34-25-40(57(60)61)45(52-27-34)51-26-31-13-16-47(3,59)17-14-31/h4-5,7-8,11-12,15,20,23-25,27,30-31,37,39,59H,6,9-10,13-14,16-19,21-22,26,28-29H2,1-3H3,(H,50,53)(H,51,52)(H,54,58)/t31?,37-,39-,47?/m1/s1. The number of aliphatic hydroxyl groups is 1. The van der Waals surface area contributed by atoms with Crippen LogP contribution in [0.2, 0.25) is 5.15 Å². The molecule has 65 heavy (non-hydrogen) atoms. The number of nitrogens with zero attached hydrogens (tertiary/aromatic N) is 5. The van der Waals surface area contributed by atoms with Crippen molar-refractivity contribution < 1.29 is 28.0 Å². The quantitative estimate of drug-likeness (QED) is 0.0498. The summed E-state index contributed by atoms with van der Waals surface area (Å²) in [5.74, 6) is 0.349. The first-order valence-corrected chi connectivity index (χ1v) is 24.6. The average molecular weight is 926 g/mol. The molecule has 0 radical (unpaired) electrons. The number of sulfonamides is 1. The zero-order valence-electron chi connectivity index (χ0n) is 37.1. The Bertz CT molecular complexity index is 2700. The number of anilines is 2. The molecule has 1 amide bonds. The largest absolute Gasteiger partial charge is 0.453 e. The van der Waals surface area contributed by atoms with Gasteiger partial charge in [-0.15, -0.1) is 0 Å². The summed E-state index contributed by atoms with van der Waals surface area (Å²) >= 11 is 6.58. The highest BCUT2D eigenvalue weighted by atomic mass is 35.5. The monoisotopic (exact) mass is 924 g/mol. The van der Waals surface area contributed by atoms with Crippen molar-refractivity contribution in [2.75, 3.05) is 42.9 Å². The second kappa shape index (κ2) is 17.8. The van der Waals surface area contributed by atoms with Crippen molar-refractivity contribution >= 4 is 55.8 Å². The first kappa shape index (κ1) is 44.9. The molecule has 2 saturated carbocycles. The van der Waals surface area contributed by atoms with Crippen LogP contribution in [-0.4, -0.2) is 88.6 Å². The predicted octanol–water partition coefficient (Wildman–Crippen LogP) is 9.15. The third-order valence-corrected chi connectivity index (χ3v) is 16.0. The molecule has 0 unspecified atom stereocenters. The van der Waals surface area contributed by atoms with Crippen LogP contribution in [-0.2, 0) is 10.0 Å². The second-order valence-electron chi connectivity index (χ2n) is 19.3. The van der Waals surface area contributed by atoms with Gasteiger partial charge in [-0.25, -0.2) is 23.1 Å². The molecule has 2 aromatic carbocycles. The van der Waals surface area contributed by atoms with Gasteiger partial charge in [0.2, 0.25) is 5.82 Å². The number of pyridine rings is 2. The molecule has 15 nitrogen and oxygen atoms in total. The number of halogens is 1. The van der Waals surface area contributed by atoms with E-state index in [2.05, 4.69) is 72.9 Å². The molecule has 344 valence electrons. The van der Waals surface area contributed by atoms with E-state index < -0.39 is 37.0 Å². The smallest absolute Gasteiger partial charge is 0.312 e. The summed E-state index contributed by atoms with van der Waals surface area (Å²) in [6.07, 6.45) is 11.1. The molecule has 1 spiro atoms. The van der Waals surface area contributed by atoms with Crippen molar-refractivity contribution in [2.24, 2.45) is 11.3 Å². The van der Waals surface area contributed by atoms with Gasteiger partial charge in [-0.05, 0) is 117 Å². The van der Waals surface area contributed by atoms with E-state index in [1.54, 1.807) is 37.4 Å². The summed E-state index contributed by atoms with van der Waals surface area (Å²) in [5, 5.41) is 26.2. The number of benzene rings is 2. The van der Waals surface area contributed by atoms with E-state index in [0.717, 1.165) is 75.2 Å². The summed E-state index contributed by atoms with van der Waals surface area (Å²) in [5.41, 5.74) is 3.22.